The van der Waals surface area contributed by atoms with Crippen LogP contribution in [0, 0.1) is 11.6 Å². The zero-order chi connectivity index (χ0) is 14.8. The Morgan fingerprint density at radius 1 is 1.38 bits per heavy atom. The summed E-state index contributed by atoms with van der Waals surface area (Å²) in [4.78, 5) is 20.0. The van der Waals surface area contributed by atoms with Crippen molar-refractivity contribution in [2.75, 3.05) is 25.4 Å². The molecule has 1 aromatic carbocycles. The number of thioether (sulfide) groups is 1. The van der Waals surface area contributed by atoms with Crippen LogP contribution in [0.3, 0.4) is 0 Å². The molecule has 1 fully saturated rings. The zero-order valence-electron chi connectivity index (χ0n) is 11.1. The quantitative estimate of drug-likeness (QED) is 0.681. The molecule has 1 aliphatic heterocycles. The lowest BCUT2D eigenvalue weighted by Gasteiger charge is -2.11. The van der Waals surface area contributed by atoms with Gasteiger partial charge in [0.05, 0.1) is 17.6 Å². The zero-order valence-corrected chi connectivity index (χ0v) is 11.9. The number of imidazole rings is 1. The third-order valence-corrected chi connectivity index (χ3v) is 4.12. The van der Waals surface area contributed by atoms with Gasteiger partial charge in [0.1, 0.15) is 6.61 Å². The van der Waals surface area contributed by atoms with Crippen molar-refractivity contribution in [3.63, 3.8) is 0 Å². The van der Waals surface area contributed by atoms with Crippen LogP contribution >= 0.6 is 11.8 Å². The molecule has 0 aliphatic carbocycles. The number of rotatable bonds is 5. The van der Waals surface area contributed by atoms with E-state index in [1.54, 1.807) is 4.90 Å². The van der Waals surface area contributed by atoms with Gasteiger partial charge in [0.15, 0.2) is 16.8 Å². The lowest BCUT2D eigenvalue weighted by Crippen LogP contribution is -2.25. The average molecular weight is 313 g/mol. The Kier molecular flexibility index (Phi) is 3.96. The number of amides is 1. The standard InChI is InChI=1S/C13H13F2N3O2S/c14-8-6-10-11(7-9(8)15)17-12(16-10)21-5-1-2-18-3-4-20-13(18)19/h6-7H,1-5H2,(H,16,17). The summed E-state index contributed by atoms with van der Waals surface area (Å²) in [5, 5.41) is 0.610. The molecule has 2 aromatic rings. The summed E-state index contributed by atoms with van der Waals surface area (Å²) >= 11 is 1.45. The predicted molar refractivity (Wildman–Crippen MR) is 74.3 cm³/mol. The molecule has 1 aromatic heterocycles. The number of nitrogens with zero attached hydrogens (tertiary/aromatic N) is 2. The molecule has 0 bridgehead atoms. The van der Waals surface area contributed by atoms with Gasteiger partial charge in [0.25, 0.3) is 0 Å². The van der Waals surface area contributed by atoms with Gasteiger partial charge in [-0.1, -0.05) is 11.8 Å². The summed E-state index contributed by atoms with van der Waals surface area (Å²) < 4.78 is 31.0. The molecule has 1 N–H and O–H groups in total. The molecular weight excluding hydrogens is 300 g/mol. The monoisotopic (exact) mass is 313 g/mol. The van der Waals surface area contributed by atoms with Crippen LogP contribution in [0.25, 0.3) is 11.0 Å². The molecule has 0 radical (unpaired) electrons. The van der Waals surface area contributed by atoms with E-state index in [9.17, 15) is 13.6 Å². The van der Waals surface area contributed by atoms with Crippen molar-refractivity contribution in [3.05, 3.63) is 23.8 Å². The fraction of sp³-hybridized carbons (Fsp3) is 0.385. The maximum Gasteiger partial charge on any atom is 0.409 e. The molecule has 1 amide bonds. The first-order valence-electron chi connectivity index (χ1n) is 6.53. The minimum Gasteiger partial charge on any atom is -0.448 e. The molecule has 2 heterocycles. The summed E-state index contributed by atoms with van der Waals surface area (Å²) in [7, 11) is 0. The topological polar surface area (TPSA) is 58.2 Å². The molecule has 0 unspecified atom stereocenters. The summed E-state index contributed by atoms with van der Waals surface area (Å²) in [6.07, 6.45) is 0.522. The number of hydrogen-bond acceptors (Lipinski definition) is 4. The number of H-pyrrole nitrogens is 1. The van der Waals surface area contributed by atoms with Crippen molar-refractivity contribution in [2.45, 2.75) is 11.6 Å². The smallest absolute Gasteiger partial charge is 0.409 e. The number of carbonyl (C=O) groups excluding carboxylic acids is 1. The van der Waals surface area contributed by atoms with Crippen molar-refractivity contribution < 1.29 is 18.3 Å². The number of aromatic amines is 1. The molecule has 0 spiro atoms. The molecule has 1 saturated heterocycles. The van der Waals surface area contributed by atoms with Gasteiger partial charge < -0.3 is 14.6 Å². The Hall–Kier alpha value is -1.83. The van der Waals surface area contributed by atoms with E-state index in [1.165, 1.54) is 11.8 Å². The Morgan fingerprint density at radius 2 is 2.19 bits per heavy atom. The Balaban J connectivity index is 1.54. The van der Waals surface area contributed by atoms with Crippen molar-refractivity contribution in [1.82, 2.24) is 14.9 Å². The van der Waals surface area contributed by atoms with Crippen LogP contribution in [0.15, 0.2) is 17.3 Å². The first-order valence-corrected chi connectivity index (χ1v) is 7.51. The van der Waals surface area contributed by atoms with Gasteiger partial charge in [-0.05, 0) is 6.42 Å². The number of carbonyl (C=O) groups is 1. The lowest BCUT2D eigenvalue weighted by atomic mass is 10.3. The van der Waals surface area contributed by atoms with Crippen molar-refractivity contribution in [1.29, 1.82) is 0 Å². The Labute approximate surface area is 123 Å². The van der Waals surface area contributed by atoms with E-state index in [-0.39, 0.29) is 6.09 Å². The van der Waals surface area contributed by atoms with Crippen LogP contribution in [0.5, 0.6) is 0 Å². The van der Waals surface area contributed by atoms with Crippen molar-refractivity contribution >= 4 is 28.9 Å². The van der Waals surface area contributed by atoms with Crippen LogP contribution in [0.4, 0.5) is 13.6 Å². The van der Waals surface area contributed by atoms with Gasteiger partial charge in [-0.15, -0.1) is 0 Å². The van der Waals surface area contributed by atoms with E-state index in [0.29, 0.717) is 35.9 Å². The second-order valence-corrected chi connectivity index (χ2v) is 5.71. The average Bonchev–Trinajstić information content (AvgIpc) is 3.02. The molecule has 8 heteroatoms. The van der Waals surface area contributed by atoms with Crippen LogP contribution in [0.2, 0.25) is 0 Å². The first-order chi connectivity index (χ1) is 10.1. The molecule has 0 atom stereocenters. The Morgan fingerprint density at radius 3 is 2.95 bits per heavy atom. The largest absolute Gasteiger partial charge is 0.448 e. The minimum atomic E-state index is -0.905. The van der Waals surface area contributed by atoms with Gasteiger partial charge in [-0.2, -0.15) is 0 Å². The number of fused-ring (bicyclic) bond motifs is 1. The van der Waals surface area contributed by atoms with Gasteiger partial charge in [0, 0.05) is 24.4 Å². The fourth-order valence-electron chi connectivity index (χ4n) is 2.10. The van der Waals surface area contributed by atoms with E-state index in [2.05, 4.69) is 9.97 Å². The number of hydrogen-bond donors (Lipinski definition) is 1. The molecule has 0 saturated carbocycles. The van der Waals surface area contributed by atoms with Crippen molar-refractivity contribution in [2.24, 2.45) is 0 Å². The first kappa shape index (κ1) is 14.1. The maximum atomic E-state index is 13.1. The highest BCUT2D eigenvalue weighted by molar-refractivity contribution is 7.99. The maximum absolute atomic E-state index is 13.1. The molecule has 21 heavy (non-hydrogen) atoms. The van der Waals surface area contributed by atoms with E-state index >= 15 is 0 Å². The predicted octanol–water partition coefficient (Wildman–Crippen LogP) is 2.78. The lowest BCUT2D eigenvalue weighted by molar-refractivity contribution is 0.158. The van der Waals surface area contributed by atoms with Crippen LogP contribution in [-0.4, -0.2) is 46.4 Å². The van der Waals surface area contributed by atoms with Crippen LogP contribution in [-0.2, 0) is 4.74 Å². The number of halogens is 2. The molecular formula is C13H13F2N3O2S. The number of cyclic esters (lactones) is 1. The van der Waals surface area contributed by atoms with Gasteiger partial charge in [-0.3, -0.25) is 0 Å². The summed E-state index contributed by atoms with van der Waals surface area (Å²) in [6, 6.07) is 2.17. The van der Waals surface area contributed by atoms with Crippen LogP contribution < -0.4 is 0 Å². The van der Waals surface area contributed by atoms with E-state index in [4.69, 9.17) is 4.74 Å². The fourth-order valence-corrected chi connectivity index (χ4v) is 2.91. The van der Waals surface area contributed by atoms with Gasteiger partial charge >= 0.3 is 6.09 Å². The SMILES string of the molecule is O=C1OCCN1CCCSc1nc2cc(F)c(F)cc2[nH]1. The second-order valence-electron chi connectivity index (χ2n) is 4.63. The highest BCUT2D eigenvalue weighted by Gasteiger charge is 2.20. The van der Waals surface area contributed by atoms with Crippen LogP contribution in [0.1, 0.15) is 6.42 Å². The summed E-state index contributed by atoms with van der Waals surface area (Å²) in [5.74, 6) is -1.05. The Bertz CT molecular complexity index is 638. The van der Waals surface area contributed by atoms with E-state index in [1.807, 2.05) is 0 Å². The summed E-state index contributed by atoms with van der Waals surface area (Å²) in [5.41, 5.74) is 0.874. The van der Waals surface area contributed by atoms with E-state index < -0.39 is 11.6 Å². The van der Waals surface area contributed by atoms with Gasteiger partial charge in [0.2, 0.25) is 0 Å². The number of aromatic nitrogens is 2. The third kappa shape index (κ3) is 3.10. The highest BCUT2D eigenvalue weighted by Crippen LogP contribution is 2.22. The third-order valence-electron chi connectivity index (χ3n) is 3.16. The molecule has 1 aliphatic rings. The number of benzene rings is 1. The van der Waals surface area contributed by atoms with E-state index in [0.717, 1.165) is 24.3 Å². The van der Waals surface area contributed by atoms with Crippen molar-refractivity contribution in [3.8, 4) is 0 Å². The number of ether oxygens (including phenoxy) is 1. The highest BCUT2D eigenvalue weighted by atomic mass is 32.2. The summed E-state index contributed by atoms with van der Waals surface area (Å²) in [6.45, 7) is 1.72. The molecule has 3 rings (SSSR count). The second kappa shape index (κ2) is 5.88. The molecule has 112 valence electrons. The minimum absolute atomic E-state index is 0.269. The number of nitrogens with one attached hydrogen (secondary N) is 1. The molecule has 5 nitrogen and oxygen atoms in total. The van der Waals surface area contributed by atoms with Gasteiger partial charge in [-0.25, -0.2) is 18.6 Å². The normalized spacial score (nSPS) is 15.0.